The number of rotatable bonds is 4. The van der Waals surface area contributed by atoms with E-state index in [1.807, 2.05) is 0 Å². The first-order valence-electron chi connectivity index (χ1n) is 6.56. The summed E-state index contributed by atoms with van der Waals surface area (Å²) < 4.78 is 51.0. The van der Waals surface area contributed by atoms with Crippen LogP contribution in [0, 0.1) is 11.6 Å². The van der Waals surface area contributed by atoms with Crippen molar-refractivity contribution >= 4 is 15.6 Å². The van der Waals surface area contributed by atoms with Gasteiger partial charge in [-0.05, 0) is 31.9 Å². The second-order valence-corrected chi connectivity index (χ2v) is 7.68. The fourth-order valence-electron chi connectivity index (χ4n) is 2.56. The van der Waals surface area contributed by atoms with Crippen LogP contribution in [0.5, 0.6) is 0 Å². The highest BCUT2D eigenvalue weighted by Gasteiger charge is 2.38. The van der Waals surface area contributed by atoms with Crippen molar-refractivity contribution in [3.05, 3.63) is 35.4 Å². The molecule has 0 spiro atoms. The Labute approximate surface area is 116 Å². The smallest absolute Gasteiger partial charge is 0.183 e. The van der Waals surface area contributed by atoms with Crippen LogP contribution in [0.3, 0.4) is 0 Å². The Balaban J connectivity index is 2.28. The molecule has 0 radical (unpaired) electrons. The van der Waals surface area contributed by atoms with Gasteiger partial charge < -0.3 is 0 Å². The molecule has 0 bridgehead atoms. The van der Waals surface area contributed by atoms with Crippen LogP contribution in [-0.4, -0.2) is 24.7 Å². The van der Waals surface area contributed by atoms with Crippen molar-refractivity contribution in [2.45, 2.75) is 43.1 Å². The zero-order chi connectivity index (χ0) is 14.9. The lowest BCUT2D eigenvalue weighted by Gasteiger charge is -2.17. The molecule has 1 aromatic carbocycles. The van der Waals surface area contributed by atoms with E-state index < -0.39 is 37.8 Å². The molecule has 1 aliphatic carbocycles. The van der Waals surface area contributed by atoms with Crippen molar-refractivity contribution in [2.75, 3.05) is 0 Å². The van der Waals surface area contributed by atoms with Crippen LogP contribution in [0.25, 0.3) is 0 Å². The number of hydrogen-bond acceptors (Lipinski definition) is 3. The topological polar surface area (TPSA) is 51.2 Å². The SMILES string of the molecule is CC(C(=O)c1ccc(F)cc1F)S(=O)(=O)C1CCCC1. The maximum absolute atomic E-state index is 13.6. The highest BCUT2D eigenvalue weighted by Crippen LogP contribution is 2.28. The molecule has 3 nitrogen and oxygen atoms in total. The fourth-order valence-corrected chi connectivity index (χ4v) is 4.56. The van der Waals surface area contributed by atoms with Crippen LogP contribution < -0.4 is 0 Å². The highest BCUT2D eigenvalue weighted by atomic mass is 32.2. The van der Waals surface area contributed by atoms with Crippen molar-refractivity contribution in [1.29, 1.82) is 0 Å². The van der Waals surface area contributed by atoms with Crippen LogP contribution in [0.4, 0.5) is 8.78 Å². The van der Waals surface area contributed by atoms with Crippen molar-refractivity contribution in [3.8, 4) is 0 Å². The van der Waals surface area contributed by atoms with E-state index in [0.717, 1.165) is 25.0 Å². The van der Waals surface area contributed by atoms with Crippen molar-refractivity contribution in [1.82, 2.24) is 0 Å². The van der Waals surface area contributed by atoms with Crippen molar-refractivity contribution in [2.24, 2.45) is 0 Å². The van der Waals surface area contributed by atoms with Crippen LogP contribution in [0.2, 0.25) is 0 Å². The van der Waals surface area contributed by atoms with E-state index in [2.05, 4.69) is 0 Å². The number of halogens is 2. The molecular weight excluding hydrogens is 286 g/mol. The number of carbonyl (C=O) groups is 1. The molecule has 0 N–H and O–H groups in total. The minimum Gasteiger partial charge on any atom is -0.293 e. The van der Waals surface area contributed by atoms with Gasteiger partial charge in [-0.25, -0.2) is 17.2 Å². The van der Waals surface area contributed by atoms with Gasteiger partial charge in [-0.3, -0.25) is 4.79 Å². The predicted molar refractivity (Wildman–Crippen MR) is 71.3 cm³/mol. The van der Waals surface area contributed by atoms with Crippen molar-refractivity contribution < 1.29 is 22.0 Å². The lowest BCUT2D eigenvalue weighted by Crippen LogP contribution is -2.34. The number of hydrogen-bond donors (Lipinski definition) is 0. The molecule has 1 aromatic rings. The Kier molecular flexibility index (Phi) is 4.22. The van der Waals surface area contributed by atoms with Crippen LogP contribution >= 0.6 is 0 Å². The van der Waals surface area contributed by atoms with Gasteiger partial charge in [0.2, 0.25) is 0 Å². The molecule has 0 aliphatic heterocycles. The Morgan fingerprint density at radius 2 is 1.85 bits per heavy atom. The van der Waals surface area contributed by atoms with Gasteiger partial charge in [0.05, 0.1) is 10.8 Å². The third-order valence-electron chi connectivity index (χ3n) is 3.83. The Bertz CT molecular complexity index is 619. The summed E-state index contributed by atoms with van der Waals surface area (Å²) in [5, 5.41) is -1.82. The summed E-state index contributed by atoms with van der Waals surface area (Å²) in [6.45, 7) is 1.28. The first kappa shape index (κ1) is 15.1. The molecule has 1 saturated carbocycles. The van der Waals surface area contributed by atoms with Gasteiger partial charge in [-0.2, -0.15) is 0 Å². The summed E-state index contributed by atoms with van der Waals surface area (Å²) in [5.41, 5.74) is -0.375. The van der Waals surface area contributed by atoms with Crippen LogP contribution in [0.15, 0.2) is 18.2 Å². The molecule has 6 heteroatoms. The highest BCUT2D eigenvalue weighted by molar-refractivity contribution is 7.93. The van der Waals surface area contributed by atoms with Crippen LogP contribution in [0.1, 0.15) is 43.0 Å². The van der Waals surface area contributed by atoms with E-state index in [1.54, 1.807) is 0 Å². The van der Waals surface area contributed by atoms with Gasteiger partial charge in [0.15, 0.2) is 15.6 Å². The summed E-state index contributed by atoms with van der Waals surface area (Å²) in [5.74, 6) is -2.64. The van der Waals surface area contributed by atoms with Crippen LogP contribution in [-0.2, 0) is 9.84 Å². The second kappa shape index (κ2) is 5.60. The lowest BCUT2D eigenvalue weighted by molar-refractivity contribution is 0.0987. The molecule has 1 aliphatic rings. The summed E-state index contributed by atoms with van der Waals surface area (Å²) in [6.07, 6.45) is 2.75. The van der Waals surface area contributed by atoms with E-state index in [4.69, 9.17) is 0 Å². The first-order chi connectivity index (χ1) is 9.34. The number of ketones is 1. The first-order valence-corrected chi connectivity index (χ1v) is 8.17. The predicted octanol–water partition coefficient (Wildman–Crippen LogP) is 2.89. The van der Waals surface area contributed by atoms with Gasteiger partial charge in [-0.15, -0.1) is 0 Å². The molecule has 1 atom stereocenters. The molecular formula is C14H16F2O3S. The fraction of sp³-hybridized carbons (Fsp3) is 0.500. The van der Waals surface area contributed by atoms with E-state index in [-0.39, 0.29) is 5.56 Å². The molecule has 20 heavy (non-hydrogen) atoms. The van der Waals surface area contributed by atoms with Gasteiger partial charge in [0, 0.05) is 6.07 Å². The van der Waals surface area contributed by atoms with Crippen molar-refractivity contribution in [3.63, 3.8) is 0 Å². The quantitative estimate of drug-likeness (QED) is 0.804. The van der Waals surface area contributed by atoms with Gasteiger partial charge in [0.1, 0.15) is 16.9 Å². The third-order valence-corrected chi connectivity index (χ3v) is 6.43. The third kappa shape index (κ3) is 2.75. The van der Waals surface area contributed by atoms with E-state index in [0.29, 0.717) is 18.9 Å². The molecule has 1 unspecified atom stereocenters. The molecule has 0 amide bonds. The molecule has 0 saturated heterocycles. The summed E-state index contributed by atoms with van der Waals surface area (Å²) in [6, 6.07) is 2.53. The second-order valence-electron chi connectivity index (χ2n) is 5.13. The Hall–Kier alpha value is -1.30. The van der Waals surface area contributed by atoms with E-state index in [9.17, 15) is 22.0 Å². The molecule has 1 fully saturated rings. The number of carbonyl (C=O) groups excluding carboxylic acids is 1. The molecule has 0 aromatic heterocycles. The Morgan fingerprint density at radius 3 is 2.40 bits per heavy atom. The zero-order valence-corrected chi connectivity index (χ0v) is 11.9. The maximum Gasteiger partial charge on any atom is 0.183 e. The largest absolute Gasteiger partial charge is 0.293 e. The number of Topliss-reactive ketones (excluding diaryl/α,β-unsaturated/α-hetero) is 1. The minimum absolute atomic E-state index is 0.375. The summed E-state index contributed by atoms with van der Waals surface area (Å²) >= 11 is 0. The Morgan fingerprint density at radius 1 is 1.25 bits per heavy atom. The maximum atomic E-state index is 13.6. The van der Waals surface area contributed by atoms with Gasteiger partial charge >= 0.3 is 0 Å². The zero-order valence-electron chi connectivity index (χ0n) is 11.1. The standard InChI is InChI=1S/C14H16F2O3S/c1-9(20(18,19)11-4-2-3-5-11)14(17)12-7-6-10(15)8-13(12)16/h6-9,11H,2-5H2,1H3. The van der Waals surface area contributed by atoms with Gasteiger partial charge in [-0.1, -0.05) is 12.8 Å². The average molecular weight is 302 g/mol. The molecule has 110 valence electrons. The van der Waals surface area contributed by atoms with E-state index >= 15 is 0 Å². The number of sulfone groups is 1. The van der Waals surface area contributed by atoms with Gasteiger partial charge in [0.25, 0.3) is 0 Å². The summed E-state index contributed by atoms with van der Waals surface area (Å²) in [4.78, 5) is 12.1. The van der Waals surface area contributed by atoms with E-state index in [1.165, 1.54) is 6.92 Å². The number of benzene rings is 1. The molecule has 0 heterocycles. The lowest BCUT2D eigenvalue weighted by atomic mass is 10.1. The molecule has 2 rings (SSSR count). The average Bonchev–Trinajstić information content (AvgIpc) is 2.91. The monoisotopic (exact) mass is 302 g/mol. The normalized spacial score (nSPS) is 18.1. The minimum atomic E-state index is -3.62. The summed E-state index contributed by atoms with van der Waals surface area (Å²) in [7, 11) is -3.62.